The fourth-order valence-electron chi connectivity index (χ4n) is 2.73. The van der Waals surface area contributed by atoms with E-state index in [0.29, 0.717) is 18.9 Å². The standard InChI is InChI=1S/C14H27N3O3/c1-5-12(13(18)19)17(4)14(20)16(3)10-11-6-8-15(2)9-7-11/h11-12H,5-10H2,1-4H3,(H,18,19). The Hall–Kier alpha value is -1.30. The number of hydrogen-bond acceptors (Lipinski definition) is 3. The summed E-state index contributed by atoms with van der Waals surface area (Å²) < 4.78 is 0. The van der Waals surface area contributed by atoms with Crippen molar-refractivity contribution in [3.63, 3.8) is 0 Å². The molecule has 116 valence electrons. The van der Waals surface area contributed by atoms with Gasteiger partial charge >= 0.3 is 12.0 Å². The second-order valence-electron chi connectivity index (χ2n) is 5.78. The number of carboxylic acid groups (broad SMARTS) is 1. The second kappa shape index (κ2) is 7.47. The number of carbonyl (C=O) groups is 2. The second-order valence-corrected chi connectivity index (χ2v) is 5.78. The van der Waals surface area contributed by atoms with Crippen LogP contribution in [-0.4, -0.2) is 78.6 Å². The first-order valence-electron chi connectivity index (χ1n) is 7.26. The number of piperidine rings is 1. The molecule has 2 amide bonds. The number of rotatable bonds is 5. The molecule has 6 heteroatoms. The van der Waals surface area contributed by atoms with Gasteiger partial charge in [-0.25, -0.2) is 9.59 Å². The normalized spacial score (nSPS) is 18.6. The van der Waals surface area contributed by atoms with Crippen LogP contribution in [0, 0.1) is 5.92 Å². The Morgan fingerprint density at radius 2 is 1.85 bits per heavy atom. The predicted octanol–water partition coefficient (Wildman–Crippen LogP) is 1.18. The summed E-state index contributed by atoms with van der Waals surface area (Å²) in [5, 5.41) is 9.11. The largest absolute Gasteiger partial charge is 0.480 e. The zero-order valence-corrected chi connectivity index (χ0v) is 13.0. The van der Waals surface area contributed by atoms with Gasteiger partial charge in [-0.2, -0.15) is 0 Å². The highest BCUT2D eigenvalue weighted by Crippen LogP contribution is 2.17. The predicted molar refractivity (Wildman–Crippen MR) is 77.7 cm³/mol. The zero-order chi connectivity index (χ0) is 15.3. The van der Waals surface area contributed by atoms with Gasteiger partial charge in [0.1, 0.15) is 6.04 Å². The lowest BCUT2D eigenvalue weighted by molar-refractivity contribution is -0.142. The molecule has 0 aliphatic carbocycles. The van der Waals surface area contributed by atoms with Crippen LogP contribution in [0.1, 0.15) is 26.2 Å². The van der Waals surface area contributed by atoms with Gasteiger partial charge in [0, 0.05) is 20.6 Å². The van der Waals surface area contributed by atoms with Crippen molar-refractivity contribution in [2.24, 2.45) is 5.92 Å². The molecule has 1 fully saturated rings. The molecule has 1 aliphatic rings. The monoisotopic (exact) mass is 285 g/mol. The summed E-state index contributed by atoms with van der Waals surface area (Å²) in [7, 11) is 5.43. The van der Waals surface area contributed by atoms with E-state index in [1.165, 1.54) is 4.90 Å². The van der Waals surface area contributed by atoms with Crippen LogP contribution >= 0.6 is 0 Å². The van der Waals surface area contributed by atoms with Crippen molar-refractivity contribution >= 4 is 12.0 Å². The zero-order valence-electron chi connectivity index (χ0n) is 13.0. The molecule has 0 radical (unpaired) electrons. The molecule has 1 heterocycles. The van der Waals surface area contributed by atoms with Gasteiger partial charge < -0.3 is 19.8 Å². The molecule has 0 saturated carbocycles. The number of carbonyl (C=O) groups excluding carboxylic acids is 1. The summed E-state index contributed by atoms with van der Waals surface area (Å²) in [5.41, 5.74) is 0. The summed E-state index contributed by atoms with van der Waals surface area (Å²) in [5.74, 6) is -0.436. The van der Waals surface area contributed by atoms with Gasteiger partial charge in [-0.15, -0.1) is 0 Å². The van der Waals surface area contributed by atoms with Gasteiger partial charge in [-0.05, 0) is 45.3 Å². The number of amides is 2. The average Bonchev–Trinajstić information content (AvgIpc) is 2.40. The van der Waals surface area contributed by atoms with E-state index in [0.717, 1.165) is 25.9 Å². The fourth-order valence-corrected chi connectivity index (χ4v) is 2.73. The Labute approximate surface area is 121 Å². The highest BCUT2D eigenvalue weighted by atomic mass is 16.4. The van der Waals surface area contributed by atoms with E-state index >= 15 is 0 Å². The third-order valence-corrected chi connectivity index (χ3v) is 4.14. The maximum Gasteiger partial charge on any atom is 0.326 e. The van der Waals surface area contributed by atoms with E-state index in [1.807, 2.05) is 0 Å². The smallest absolute Gasteiger partial charge is 0.326 e. The van der Waals surface area contributed by atoms with Gasteiger partial charge in [-0.1, -0.05) is 6.92 Å². The first-order chi connectivity index (χ1) is 9.36. The third kappa shape index (κ3) is 4.37. The average molecular weight is 285 g/mol. The van der Waals surface area contributed by atoms with Crippen LogP contribution in [0.3, 0.4) is 0 Å². The van der Waals surface area contributed by atoms with Gasteiger partial charge in [0.05, 0.1) is 0 Å². The third-order valence-electron chi connectivity index (χ3n) is 4.14. The summed E-state index contributed by atoms with van der Waals surface area (Å²) in [6.45, 7) is 4.61. The van der Waals surface area contributed by atoms with Crippen LogP contribution in [0.25, 0.3) is 0 Å². The van der Waals surface area contributed by atoms with Gasteiger partial charge in [0.2, 0.25) is 0 Å². The molecule has 1 saturated heterocycles. The number of nitrogens with zero attached hydrogens (tertiary/aromatic N) is 3. The summed E-state index contributed by atoms with van der Waals surface area (Å²) in [4.78, 5) is 28.6. The Bertz CT molecular complexity index is 341. The summed E-state index contributed by atoms with van der Waals surface area (Å²) in [6.07, 6.45) is 2.60. The van der Waals surface area contributed by atoms with Gasteiger partial charge in [0.25, 0.3) is 0 Å². The van der Waals surface area contributed by atoms with Crippen molar-refractivity contribution in [3.05, 3.63) is 0 Å². The molecule has 1 N–H and O–H groups in total. The number of likely N-dealkylation sites (tertiary alicyclic amines) is 1. The van der Waals surface area contributed by atoms with E-state index in [4.69, 9.17) is 5.11 Å². The summed E-state index contributed by atoms with van der Waals surface area (Å²) in [6, 6.07) is -0.958. The molecule has 1 atom stereocenters. The van der Waals surface area contributed by atoms with E-state index in [2.05, 4.69) is 11.9 Å². The van der Waals surface area contributed by atoms with Crippen molar-refractivity contribution < 1.29 is 14.7 Å². The first kappa shape index (κ1) is 16.8. The minimum atomic E-state index is -0.948. The van der Waals surface area contributed by atoms with Crippen molar-refractivity contribution in [1.29, 1.82) is 0 Å². The summed E-state index contributed by atoms with van der Waals surface area (Å²) >= 11 is 0. The van der Waals surface area contributed by atoms with Crippen LogP contribution in [0.15, 0.2) is 0 Å². The highest BCUT2D eigenvalue weighted by molar-refractivity contribution is 5.82. The van der Waals surface area contributed by atoms with E-state index in [-0.39, 0.29) is 6.03 Å². The van der Waals surface area contributed by atoms with Crippen molar-refractivity contribution in [3.8, 4) is 0 Å². The Morgan fingerprint density at radius 3 is 2.30 bits per heavy atom. The lowest BCUT2D eigenvalue weighted by atomic mass is 9.97. The van der Waals surface area contributed by atoms with Crippen LogP contribution < -0.4 is 0 Å². The van der Waals surface area contributed by atoms with Crippen LogP contribution in [0.2, 0.25) is 0 Å². The molecule has 0 aromatic rings. The number of hydrogen-bond donors (Lipinski definition) is 1. The Kier molecular flexibility index (Phi) is 6.26. The highest BCUT2D eigenvalue weighted by Gasteiger charge is 2.28. The molecule has 0 spiro atoms. The van der Waals surface area contributed by atoms with Crippen molar-refractivity contribution in [2.75, 3.05) is 40.8 Å². The fraction of sp³-hybridized carbons (Fsp3) is 0.857. The van der Waals surface area contributed by atoms with Crippen molar-refractivity contribution in [1.82, 2.24) is 14.7 Å². The molecule has 0 bridgehead atoms. The van der Waals surface area contributed by atoms with E-state index < -0.39 is 12.0 Å². The Balaban J connectivity index is 2.51. The first-order valence-corrected chi connectivity index (χ1v) is 7.26. The quantitative estimate of drug-likeness (QED) is 0.823. The number of likely N-dealkylation sites (N-methyl/N-ethyl adjacent to an activating group) is 1. The molecule has 20 heavy (non-hydrogen) atoms. The molecular weight excluding hydrogens is 258 g/mol. The molecule has 1 unspecified atom stereocenters. The van der Waals surface area contributed by atoms with Crippen LogP contribution in [0.5, 0.6) is 0 Å². The lowest BCUT2D eigenvalue weighted by Crippen LogP contribution is -2.49. The molecule has 1 rings (SSSR count). The lowest BCUT2D eigenvalue weighted by Gasteiger charge is -2.34. The molecule has 0 aromatic heterocycles. The van der Waals surface area contributed by atoms with Gasteiger partial charge in [-0.3, -0.25) is 0 Å². The Morgan fingerprint density at radius 1 is 1.30 bits per heavy atom. The number of urea groups is 1. The maximum absolute atomic E-state index is 12.3. The minimum absolute atomic E-state index is 0.210. The molecular formula is C14H27N3O3. The molecule has 6 nitrogen and oxygen atoms in total. The van der Waals surface area contributed by atoms with E-state index in [1.54, 1.807) is 25.9 Å². The van der Waals surface area contributed by atoms with Gasteiger partial charge in [0.15, 0.2) is 0 Å². The minimum Gasteiger partial charge on any atom is -0.480 e. The van der Waals surface area contributed by atoms with Crippen LogP contribution in [0.4, 0.5) is 4.79 Å². The molecule has 0 aromatic carbocycles. The van der Waals surface area contributed by atoms with Crippen molar-refractivity contribution in [2.45, 2.75) is 32.2 Å². The maximum atomic E-state index is 12.3. The molecule has 1 aliphatic heterocycles. The number of carboxylic acids is 1. The number of aliphatic carboxylic acids is 1. The van der Waals surface area contributed by atoms with E-state index in [9.17, 15) is 9.59 Å². The van der Waals surface area contributed by atoms with Crippen LogP contribution in [-0.2, 0) is 4.79 Å². The SMILES string of the molecule is CCC(C(=O)O)N(C)C(=O)N(C)CC1CCN(C)CC1. The topological polar surface area (TPSA) is 64.1 Å².